The highest BCUT2D eigenvalue weighted by atomic mass is 16.2. The molecule has 0 fully saturated rings. The zero-order valence-electron chi connectivity index (χ0n) is 26.1. The van der Waals surface area contributed by atoms with Crippen molar-refractivity contribution in [3.8, 4) is 22.6 Å². The number of carbonyl (C=O) groups is 4. The van der Waals surface area contributed by atoms with Gasteiger partial charge in [-0.1, -0.05) is 54.6 Å². The van der Waals surface area contributed by atoms with Gasteiger partial charge in [0.1, 0.15) is 0 Å². The molecular weight excluding hydrogens is 604 g/mol. The zero-order valence-corrected chi connectivity index (χ0v) is 26.1. The van der Waals surface area contributed by atoms with Crippen LogP contribution in [-0.4, -0.2) is 33.6 Å². The first-order valence-electron chi connectivity index (χ1n) is 15.1. The Hall–Kier alpha value is -6.68. The van der Waals surface area contributed by atoms with Crippen LogP contribution < -0.4 is 21.3 Å². The summed E-state index contributed by atoms with van der Waals surface area (Å²) in [6.45, 7) is 2.78. The number of carbonyl (C=O) groups excluding carboxylic acids is 4. The molecule has 0 atom stereocenters. The average Bonchev–Trinajstić information content (AvgIpc) is 3.08. The van der Waals surface area contributed by atoms with Crippen LogP contribution in [0.25, 0.3) is 33.5 Å². The number of fused-ring (bicyclic) bond motifs is 1. The highest BCUT2D eigenvalue weighted by Gasteiger charge is 2.16. The summed E-state index contributed by atoms with van der Waals surface area (Å²) in [5, 5.41) is 12.0. The second-order valence-electron chi connectivity index (χ2n) is 10.9. The van der Waals surface area contributed by atoms with E-state index in [0.29, 0.717) is 39.7 Å². The average molecular weight is 635 g/mol. The molecule has 10 heteroatoms. The lowest BCUT2D eigenvalue weighted by Gasteiger charge is -2.12. The van der Waals surface area contributed by atoms with Gasteiger partial charge in [0, 0.05) is 41.7 Å². The molecule has 4 amide bonds. The fourth-order valence-corrected chi connectivity index (χ4v) is 5.20. The monoisotopic (exact) mass is 634 g/mol. The Bertz CT molecular complexity index is 2180. The zero-order chi connectivity index (χ0) is 33.6. The Balaban J connectivity index is 1.24. The third kappa shape index (κ3) is 7.08. The number of rotatable bonds is 8. The van der Waals surface area contributed by atoms with E-state index >= 15 is 0 Å². The van der Waals surface area contributed by atoms with E-state index in [1.165, 1.54) is 13.8 Å². The van der Waals surface area contributed by atoms with Gasteiger partial charge in [0.25, 0.3) is 11.8 Å². The van der Waals surface area contributed by atoms with Crippen molar-refractivity contribution in [2.24, 2.45) is 0 Å². The van der Waals surface area contributed by atoms with Gasteiger partial charge in [-0.05, 0) is 66.7 Å². The Morgan fingerprint density at radius 1 is 0.479 bits per heavy atom. The Labute approximate surface area is 276 Å². The second kappa shape index (κ2) is 13.8. The molecule has 6 rings (SSSR count). The van der Waals surface area contributed by atoms with E-state index < -0.39 is 0 Å². The van der Waals surface area contributed by atoms with Crippen LogP contribution in [0.1, 0.15) is 34.6 Å². The van der Waals surface area contributed by atoms with E-state index in [9.17, 15) is 19.2 Å². The molecule has 0 bridgehead atoms. The van der Waals surface area contributed by atoms with Crippen molar-refractivity contribution in [1.29, 1.82) is 0 Å². The van der Waals surface area contributed by atoms with E-state index in [4.69, 9.17) is 9.97 Å². The molecular formula is C38H30N6O4. The smallest absolute Gasteiger partial charge is 0.257 e. The summed E-state index contributed by atoms with van der Waals surface area (Å²) in [6.07, 6.45) is 0. The van der Waals surface area contributed by atoms with Gasteiger partial charge in [-0.15, -0.1) is 0 Å². The van der Waals surface area contributed by atoms with Gasteiger partial charge < -0.3 is 21.3 Å². The minimum atomic E-state index is -0.354. The van der Waals surface area contributed by atoms with Crippen LogP contribution in [0.4, 0.5) is 22.7 Å². The van der Waals surface area contributed by atoms with Crippen molar-refractivity contribution in [3.63, 3.8) is 0 Å². The van der Waals surface area contributed by atoms with Crippen molar-refractivity contribution in [3.05, 3.63) is 132 Å². The lowest BCUT2D eigenvalue weighted by Crippen LogP contribution is -2.16. The predicted molar refractivity (Wildman–Crippen MR) is 188 cm³/mol. The molecule has 5 aromatic carbocycles. The van der Waals surface area contributed by atoms with Crippen molar-refractivity contribution in [2.45, 2.75) is 13.8 Å². The summed E-state index contributed by atoms with van der Waals surface area (Å²) in [6, 6.07) is 35.9. The third-order valence-electron chi connectivity index (χ3n) is 7.39. The number of benzene rings is 5. The standard InChI is InChI=1S/C38H30N6O4/c1-23(45)39-33-13-7-4-10-30(33)37(47)41-27-19-15-25(16-20-27)35-29-9-3-6-12-32(29)43-36(44-35)26-17-21-28(22-18-26)42-38(48)31-11-5-8-14-34(31)40-24(2)46/h3-22H,1-2H3,(H,39,45)(H,40,46)(H,41,47)(H,42,48). The summed E-state index contributed by atoms with van der Waals surface area (Å²) in [7, 11) is 0. The van der Waals surface area contributed by atoms with Crippen LogP contribution in [0, 0.1) is 0 Å². The lowest BCUT2D eigenvalue weighted by molar-refractivity contribution is -0.115. The molecule has 0 saturated carbocycles. The number of nitrogens with zero attached hydrogens (tertiary/aromatic N) is 2. The SMILES string of the molecule is CC(=O)Nc1ccccc1C(=O)Nc1ccc(-c2nc(-c3ccc(NC(=O)c4ccccc4NC(C)=O)cc3)c3ccccc3n2)cc1. The number of nitrogens with one attached hydrogen (secondary N) is 4. The minimum Gasteiger partial charge on any atom is -0.326 e. The van der Waals surface area contributed by atoms with Crippen molar-refractivity contribution in [2.75, 3.05) is 21.3 Å². The molecule has 236 valence electrons. The first kappa shape index (κ1) is 31.3. The summed E-state index contributed by atoms with van der Waals surface area (Å²) >= 11 is 0. The highest BCUT2D eigenvalue weighted by molar-refractivity contribution is 6.11. The molecule has 4 N–H and O–H groups in total. The van der Waals surface area contributed by atoms with Gasteiger partial charge in [0.2, 0.25) is 11.8 Å². The molecule has 1 heterocycles. The summed E-state index contributed by atoms with van der Waals surface area (Å²) in [4.78, 5) is 58.9. The number of anilines is 4. The molecule has 0 aliphatic heterocycles. The summed E-state index contributed by atoms with van der Waals surface area (Å²) in [5.74, 6) is -0.727. The highest BCUT2D eigenvalue weighted by Crippen LogP contribution is 2.31. The normalized spacial score (nSPS) is 10.6. The van der Waals surface area contributed by atoms with E-state index in [2.05, 4.69) is 21.3 Å². The molecule has 10 nitrogen and oxygen atoms in total. The molecule has 6 aromatic rings. The van der Waals surface area contributed by atoms with Crippen molar-refractivity contribution < 1.29 is 19.2 Å². The molecule has 0 aliphatic carbocycles. The van der Waals surface area contributed by atoms with Gasteiger partial charge >= 0.3 is 0 Å². The maximum absolute atomic E-state index is 13.0. The third-order valence-corrected chi connectivity index (χ3v) is 7.39. The minimum absolute atomic E-state index is 0.264. The quantitative estimate of drug-likeness (QED) is 0.138. The molecule has 48 heavy (non-hydrogen) atoms. The van der Waals surface area contributed by atoms with Gasteiger partial charge in [-0.3, -0.25) is 19.2 Å². The fraction of sp³-hybridized carbons (Fsp3) is 0.0526. The number of amides is 4. The fourth-order valence-electron chi connectivity index (χ4n) is 5.20. The van der Waals surface area contributed by atoms with Crippen LogP contribution in [0.15, 0.2) is 121 Å². The number of hydrogen-bond donors (Lipinski definition) is 4. The van der Waals surface area contributed by atoms with Gasteiger partial charge in [-0.2, -0.15) is 0 Å². The first-order valence-corrected chi connectivity index (χ1v) is 15.1. The number of aromatic nitrogens is 2. The first-order chi connectivity index (χ1) is 23.2. The van der Waals surface area contributed by atoms with Crippen LogP contribution in [0.3, 0.4) is 0 Å². The molecule has 0 aliphatic rings. The van der Waals surface area contributed by atoms with Gasteiger partial charge in [-0.25, -0.2) is 9.97 Å². The molecule has 0 unspecified atom stereocenters. The van der Waals surface area contributed by atoms with Crippen LogP contribution >= 0.6 is 0 Å². The van der Waals surface area contributed by atoms with E-state index in [1.54, 1.807) is 72.8 Å². The van der Waals surface area contributed by atoms with E-state index in [0.717, 1.165) is 27.7 Å². The van der Waals surface area contributed by atoms with Gasteiger partial charge in [0.05, 0.1) is 33.7 Å². The molecule has 0 spiro atoms. The lowest BCUT2D eigenvalue weighted by atomic mass is 10.0. The van der Waals surface area contributed by atoms with E-state index in [1.807, 2.05) is 48.5 Å². The second-order valence-corrected chi connectivity index (χ2v) is 10.9. The van der Waals surface area contributed by atoms with Crippen LogP contribution in [0.5, 0.6) is 0 Å². The Morgan fingerprint density at radius 3 is 1.46 bits per heavy atom. The van der Waals surface area contributed by atoms with E-state index in [-0.39, 0.29) is 23.6 Å². The maximum Gasteiger partial charge on any atom is 0.257 e. The Morgan fingerprint density at radius 2 is 0.938 bits per heavy atom. The molecule has 0 radical (unpaired) electrons. The van der Waals surface area contributed by atoms with Crippen LogP contribution in [-0.2, 0) is 9.59 Å². The van der Waals surface area contributed by atoms with Crippen molar-refractivity contribution in [1.82, 2.24) is 9.97 Å². The molecule has 1 aromatic heterocycles. The van der Waals surface area contributed by atoms with Crippen molar-refractivity contribution >= 4 is 57.3 Å². The van der Waals surface area contributed by atoms with Crippen LogP contribution in [0.2, 0.25) is 0 Å². The van der Waals surface area contributed by atoms with Gasteiger partial charge in [0.15, 0.2) is 5.82 Å². The largest absolute Gasteiger partial charge is 0.326 e. The summed E-state index contributed by atoms with van der Waals surface area (Å²) in [5.41, 5.74) is 5.77. The maximum atomic E-state index is 13.0. The molecule has 0 saturated heterocycles. The summed E-state index contributed by atoms with van der Waals surface area (Å²) < 4.78 is 0. The Kier molecular flexibility index (Phi) is 8.97. The number of para-hydroxylation sites is 3. The predicted octanol–water partition coefficient (Wildman–Crippen LogP) is 7.39. The number of hydrogen-bond acceptors (Lipinski definition) is 6. The topological polar surface area (TPSA) is 142 Å².